The number of carbonyl (C=O) groups excluding carboxylic acids is 1. The predicted octanol–water partition coefficient (Wildman–Crippen LogP) is -1.32. The fraction of sp³-hybridized carbons (Fsp3) is 0.500. The number of rotatable bonds is 2. The topological polar surface area (TPSA) is 121 Å². The summed E-state index contributed by atoms with van der Waals surface area (Å²) in [5, 5.41) is 7.49. The summed E-state index contributed by atoms with van der Waals surface area (Å²) in [6, 6.07) is 0. The Balaban J connectivity index is 0. The molecule has 0 aliphatic carbocycles. The first-order chi connectivity index (χ1) is 5.25. The van der Waals surface area contributed by atoms with Gasteiger partial charge in [-0.2, -0.15) is 8.42 Å². The third kappa shape index (κ3) is 6.49. The van der Waals surface area contributed by atoms with Gasteiger partial charge in [0.25, 0.3) is 10.1 Å². The summed E-state index contributed by atoms with van der Waals surface area (Å²) in [4.78, 5) is 20.4. The van der Waals surface area contributed by atoms with E-state index in [1.165, 1.54) is 5.32 Å². The van der Waals surface area contributed by atoms with Gasteiger partial charge < -0.3 is 5.11 Å². The molecule has 0 aliphatic rings. The molecule has 3 N–H and O–H groups in total. The second-order valence-electron chi connectivity index (χ2n) is 1.95. The van der Waals surface area contributed by atoms with E-state index in [0.29, 0.717) is 0 Å². The maximum atomic E-state index is 10.6. The summed E-state index contributed by atoms with van der Waals surface area (Å²) in [6.07, 6.45) is -1.67. The van der Waals surface area contributed by atoms with E-state index < -0.39 is 27.4 Å². The molecule has 0 aromatic rings. The molecular weight excluding hydrogens is 327 g/mol. The number of imide groups is 1. The Morgan fingerprint density at radius 1 is 1.38 bits per heavy atom. The van der Waals surface area contributed by atoms with Crippen LogP contribution in [-0.4, -0.2) is 84.2 Å². The maximum Gasteiger partial charge on any atom is 2.00 e. The Hall–Kier alpha value is 0.421. The van der Waals surface area contributed by atoms with Crippen molar-refractivity contribution < 1.29 is 27.7 Å². The number of carbonyl (C=O) groups is 2. The molecule has 1 atom stereocenters. The zero-order chi connectivity index (χ0) is 9.94. The summed E-state index contributed by atoms with van der Waals surface area (Å²) >= 11 is 0. The Morgan fingerprint density at radius 2 is 1.77 bits per heavy atom. The van der Waals surface area contributed by atoms with Gasteiger partial charge in [0.1, 0.15) is 0 Å². The summed E-state index contributed by atoms with van der Waals surface area (Å²) in [5.41, 5.74) is 0. The van der Waals surface area contributed by atoms with Crippen molar-refractivity contribution in [3.05, 3.63) is 0 Å². The van der Waals surface area contributed by atoms with Gasteiger partial charge in [-0.3, -0.25) is 14.7 Å². The Bertz CT molecular complexity index is 298. The van der Waals surface area contributed by atoms with Crippen LogP contribution in [-0.2, 0) is 14.9 Å². The van der Waals surface area contributed by atoms with Crippen LogP contribution >= 0.6 is 0 Å². The molecule has 1 unspecified atom stereocenters. The molecule has 0 rings (SSSR count). The summed E-state index contributed by atoms with van der Waals surface area (Å²) in [5.74, 6) is -1.29. The van der Waals surface area contributed by atoms with Crippen molar-refractivity contribution in [1.82, 2.24) is 5.32 Å². The molecule has 13 heavy (non-hydrogen) atoms. The van der Waals surface area contributed by atoms with Gasteiger partial charge in [0, 0.05) is 0 Å². The van der Waals surface area contributed by atoms with E-state index in [4.69, 9.17) is 9.66 Å². The van der Waals surface area contributed by atoms with Crippen molar-refractivity contribution in [3.8, 4) is 0 Å². The molecule has 2 amide bonds. The number of amides is 2. The number of hydrogen-bond donors (Lipinski definition) is 3. The van der Waals surface area contributed by atoms with Crippen LogP contribution in [0.25, 0.3) is 0 Å². The van der Waals surface area contributed by atoms with Gasteiger partial charge >= 0.3 is 55.0 Å². The third-order valence-electron chi connectivity index (χ3n) is 1.05. The Morgan fingerprint density at radius 3 is 2.00 bits per heavy atom. The second kappa shape index (κ2) is 6.01. The van der Waals surface area contributed by atoms with Crippen LogP contribution in [0.4, 0.5) is 4.79 Å². The predicted molar refractivity (Wildman–Crippen MR) is 42.9 cm³/mol. The van der Waals surface area contributed by atoms with Gasteiger partial charge in [-0.05, 0) is 6.92 Å². The zero-order valence-corrected chi connectivity index (χ0v) is 12.0. The van der Waals surface area contributed by atoms with E-state index in [9.17, 15) is 18.0 Å². The molecule has 0 aromatic carbocycles. The minimum Gasteiger partial charge on any atom is -0.465 e. The van der Waals surface area contributed by atoms with Gasteiger partial charge in [0.05, 0.1) is 0 Å². The third-order valence-corrected chi connectivity index (χ3v) is 2.15. The zero-order valence-electron chi connectivity index (χ0n) is 6.72. The fourth-order valence-electron chi connectivity index (χ4n) is 0.342. The normalized spacial score (nSPS) is 12.5. The van der Waals surface area contributed by atoms with Crippen molar-refractivity contribution in [2.24, 2.45) is 0 Å². The number of hydrogen-bond acceptors (Lipinski definition) is 4. The first-order valence-electron chi connectivity index (χ1n) is 2.75. The quantitative estimate of drug-likeness (QED) is 0.425. The van der Waals surface area contributed by atoms with Gasteiger partial charge in [-0.25, -0.2) is 4.79 Å². The summed E-state index contributed by atoms with van der Waals surface area (Å²) in [7, 11) is -4.52. The Labute approximate surface area is 115 Å². The van der Waals surface area contributed by atoms with E-state index in [2.05, 4.69) is 0 Å². The molecule has 0 bridgehead atoms. The maximum absolute atomic E-state index is 10.6. The standard InChI is InChI=1S/C4H7NO6S.Ba/c1-2(12(9,10)11)3(6)5-4(7)8;/h2H,1H3,(H,5,6)(H,7,8)(H,9,10,11);/q;+2. The van der Waals surface area contributed by atoms with Crippen molar-refractivity contribution in [1.29, 1.82) is 0 Å². The minimum atomic E-state index is -4.52. The second-order valence-corrected chi connectivity index (χ2v) is 3.69. The smallest absolute Gasteiger partial charge is 0.465 e. The number of nitrogens with one attached hydrogen (secondary N) is 1. The van der Waals surface area contributed by atoms with Crippen LogP contribution < -0.4 is 5.32 Å². The molecule has 70 valence electrons. The van der Waals surface area contributed by atoms with Gasteiger partial charge in [0.15, 0.2) is 5.25 Å². The van der Waals surface area contributed by atoms with Crippen LogP contribution in [0.15, 0.2) is 0 Å². The molecular formula is C4H7BaNO6S+2. The van der Waals surface area contributed by atoms with Crippen LogP contribution in [0.3, 0.4) is 0 Å². The van der Waals surface area contributed by atoms with Crippen molar-refractivity contribution in [2.45, 2.75) is 12.2 Å². The SMILES string of the molecule is CC(C(=O)NC(=O)O)S(=O)(=O)O.[Ba+2]. The molecule has 0 aliphatic heterocycles. The van der Waals surface area contributed by atoms with Crippen LogP contribution in [0, 0.1) is 0 Å². The Kier molecular flexibility index (Phi) is 7.34. The molecule has 0 saturated carbocycles. The molecule has 7 nitrogen and oxygen atoms in total. The van der Waals surface area contributed by atoms with E-state index >= 15 is 0 Å². The number of carboxylic acid groups (broad SMARTS) is 1. The van der Waals surface area contributed by atoms with Crippen molar-refractivity contribution in [2.75, 3.05) is 0 Å². The van der Waals surface area contributed by atoms with Crippen molar-refractivity contribution >= 4 is 71.0 Å². The van der Waals surface area contributed by atoms with Crippen molar-refractivity contribution in [3.63, 3.8) is 0 Å². The van der Waals surface area contributed by atoms with E-state index in [-0.39, 0.29) is 48.9 Å². The summed E-state index contributed by atoms with van der Waals surface area (Å²) < 4.78 is 28.8. The van der Waals surface area contributed by atoms with Crippen LogP contribution in [0.1, 0.15) is 6.92 Å². The first kappa shape index (κ1) is 15.9. The molecule has 0 saturated heterocycles. The van der Waals surface area contributed by atoms with E-state index in [0.717, 1.165) is 6.92 Å². The molecule has 0 fully saturated rings. The molecule has 0 aromatic heterocycles. The largest absolute Gasteiger partial charge is 2.00 e. The average molecular weight is 334 g/mol. The first-order valence-corrected chi connectivity index (χ1v) is 4.25. The van der Waals surface area contributed by atoms with E-state index in [1.54, 1.807) is 0 Å². The van der Waals surface area contributed by atoms with Gasteiger partial charge in [0.2, 0.25) is 5.91 Å². The molecule has 0 radical (unpaired) electrons. The monoisotopic (exact) mass is 335 g/mol. The van der Waals surface area contributed by atoms with E-state index in [1.807, 2.05) is 0 Å². The molecule has 9 heteroatoms. The van der Waals surface area contributed by atoms with Crippen LogP contribution in [0.2, 0.25) is 0 Å². The average Bonchev–Trinajstić information content (AvgIpc) is 1.82. The molecule has 0 spiro atoms. The molecule has 0 heterocycles. The van der Waals surface area contributed by atoms with Gasteiger partial charge in [-0.15, -0.1) is 0 Å². The minimum absolute atomic E-state index is 0. The fourth-order valence-corrected chi connectivity index (χ4v) is 0.672. The van der Waals surface area contributed by atoms with Gasteiger partial charge in [-0.1, -0.05) is 0 Å². The summed E-state index contributed by atoms with van der Waals surface area (Å²) in [6.45, 7) is 0.869. The van der Waals surface area contributed by atoms with Crippen LogP contribution in [0.5, 0.6) is 0 Å².